The number of rotatable bonds is 12. The average molecular weight is 466 g/mol. The maximum Gasteiger partial charge on any atom is 0.397 e. The monoisotopic (exact) mass is 465 g/mol. The predicted molar refractivity (Wildman–Crippen MR) is 133 cm³/mol. The van der Waals surface area contributed by atoms with Crippen LogP contribution in [0, 0.1) is 17.7 Å². The van der Waals surface area contributed by atoms with E-state index in [1.165, 1.54) is 43.1 Å². The maximum absolute atomic E-state index is 14.0. The van der Waals surface area contributed by atoms with Gasteiger partial charge in [0.2, 0.25) is 0 Å². The van der Waals surface area contributed by atoms with Crippen molar-refractivity contribution >= 4 is 11.9 Å². The van der Waals surface area contributed by atoms with Gasteiger partial charge in [-0.15, -0.1) is 0 Å². The number of nitrogens with zero attached hydrogens (tertiary/aromatic N) is 1. The van der Waals surface area contributed by atoms with E-state index in [-0.39, 0.29) is 25.5 Å². The van der Waals surface area contributed by atoms with E-state index in [1.54, 1.807) is 25.1 Å². The Morgan fingerprint density at radius 1 is 0.941 bits per heavy atom. The summed E-state index contributed by atoms with van der Waals surface area (Å²) in [5.41, 5.74) is 2.29. The normalized spacial score (nSPS) is 10.3. The van der Waals surface area contributed by atoms with Crippen molar-refractivity contribution in [1.82, 2.24) is 4.90 Å². The van der Waals surface area contributed by atoms with Gasteiger partial charge in [-0.05, 0) is 49.1 Å². The smallest absolute Gasteiger partial charge is 0.397 e. The summed E-state index contributed by atoms with van der Waals surface area (Å²) in [6.45, 7) is 4.44. The summed E-state index contributed by atoms with van der Waals surface area (Å²) < 4.78 is 18.9. The molecule has 0 atom stereocenters. The summed E-state index contributed by atoms with van der Waals surface area (Å²) in [6, 6.07) is 14.1. The van der Waals surface area contributed by atoms with Gasteiger partial charge in [0.1, 0.15) is 5.82 Å². The topological polar surface area (TPSA) is 46.6 Å². The molecule has 0 saturated heterocycles. The molecule has 0 bridgehead atoms. The van der Waals surface area contributed by atoms with E-state index in [9.17, 15) is 14.0 Å². The number of hydrogen-bond acceptors (Lipinski definition) is 3. The van der Waals surface area contributed by atoms with Crippen molar-refractivity contribution in [2.24, 2.45) is 0 Å². The van der Waals surface area contributed by atoms with E-state index in [0.717, 1.165) is 24.0 Å². The summed E-state index contributed by atoms with van der Waals surface area (Å²) in [5.74, 6) is 4.48. The lowest BCUT2D eigenvalue weighted by atomic mass is 10.1. The molecule has 0 unspecified atom stereocenters. The third-order valence-corrected chi connectivity index (χ3v) is 5.56. The number of ether oxygens (including phenoxy) is 1. The molecule has 34 heavy (non-hydrogen) atoms. The van der Waals surface area contributed by atoms with Crippen molar-refractivity contribution in [3.8, 4) is 11.8 Å². The van der Waals surface area contributed by atoms with E-state index in [1.807, 2.05) is 24.3 Å². The fourth-order valence-corrected chi connectivity index (χ4v) is 3.60. The third-order valence-electron chi connectivity index (χ3n) is 5.56. The van der Waals surface area contributed by atoms with Gasteiger partial charge in [-0.3, -0.25) is 4.79 Å². The number of carbonyl (C=O) groups is 2. The number of amides is 1. The number of benzene rings is 2. The highest BCUT2D eigenvalue weighted by atomic mass is 19.1. The zero-order chi connectivity index (χ0) is 24.6. The standard InChI is InChI=1S/C29H36FNO3/c1-3-5-6-7-8-9-10-11-14-24-17-19-25(20-18-24)23-31(28(32)29(33)34-4-2)22-21-26-15-12-13-16-27(26)30/h12-13,15-20H,3-10,21-23H2,1-2H3. The Kier molecular flexibility index (Phi) is 12.5. The number of halogens is 1. The van der Waals surface area contributed by atoms with Crippen LogP contribution in [0.4, 0.5) is 4.39 Å². The van der Waals surface area contributed by atoms with Gasteiger partial charge in [-0.25, -0.2) is 9.18 Å². The Labute approximate surface area is 203 Å². The zero-order valence-corrected chi connectivity index (χ0v) is 20.4. The summed E-state index contributed by atoms with van der Waals surface area (Å²) >= 11 is 0. The number of carbonyl (C=O) groups excluding carboxylic acids is 2. The van der Waals surface area contributed by atoms with Gasteiger partial charge in [0.05, 0.1) is 6.61 Å². The summed E-state index contributed by atoms with van der Waals surface area (Å²) in [4.78, 5) is 26.1. The largest absolute Gasteiger partial charge is 0.459 e. The van der Waals surface area contributed by atoms with Crippen molar-refractivity contribution < 1.29 is 18.7 Å². The van der Waals surface area contributed by atoms with Crippen LogP contribution >= 0.6 is 0 Å². The van der Waals surface area contributed by atoms with Gasteiger partial charge in [0, 0.05) is 25.1 Å². The Balaban J connectivity index is 1.95. The second kappa shape index (κ2) is 15.7. The molecular weight excluding hydrogens is 429 g/mol. The Morgan fingerprint density at radius 3 is 2.35 bits per heavy atom. The van der Waals surface area contributed by atoms with Crippen LogP contribution in [0.25, 0.3) is 0 Å². The maximum atomic E-state index is 14.0. The summed E-state index contributed by atoms with van der Waals surface area (Å²) in [6.07, 6.45) is 8.71. The molecule has 1 amide bonds. The first kappa shape index (κ1) is 27.1. The van der Waals surface area contributed by atoms with Crippen molar-refractivity contribution in [2.75, 3.05) is 13.2 Å². The lowest BCUT2D eigenvalue weighted by Gasteiger charge is -2.22. The fraction of sp³-hybridized carbons (Fsp3) is 0.448. The Hall–Kier alpha value is -3.13. The molecule has 2 aromatic rings. The first-order chi connectivity index (χ1) is 16.5. The minimum absolute atomic E-state index is 0.123. The molecule has 0 aliphatic rings. The first-order valence-corrected chi connectivity index (χ1v) is 12.3. The molecule has 2 rings (SSSR count). The molecular formula is C29H36FNO3. The van der Waals surface area contributed by atoms with Gasteiger partial charge >= 0.3 is 11.9 Å². The van der Waals surface area contributed by atoms with Crippen LogP contribution in [0.5, 0.6) is 0 Å². The minimum Gasteiger partial charge on any atom is -0.459 e. The van der Waals surface area contributed by atoms with E-state index < -0.39 is 11.9 Å². The van der Waals surface area contributed by atoms with Crippen LogP contribution in [0.15, 0.2) is 48.5 Å². The molecule has 0 saturated carbocycles. The van der Waals surface area contributed by atoms with E-state index >= 15 is 0 Å². The zero-order valence-electron chi connectivity index (χ0n) is 20.4. The Morgan fingerprint density at radius 2 is 1.65 bits per heavy atom. The van der Waals surface area contributed by atoms with Gasteiger partial charge in [0.15, 0.2) is 0 Å². The van der Waals surface area contributed by atoms with Crippen LogP contribution in [0.3, 0.4) is 0 Å². The molecule has 0 fully saturated rings. The van der Waals surface area contributed by atoms with Crippen LogP contribution in [-0.4, -0.2) is 29.9 Å². The fourth-order valence-electron chi connectivity index (χ4n) is 3.60. The molecule has 2 aromatic carbocycles. The predicted octanol–water partition coefficient (Wildman–Crippen LogP) is 6.06. The van der Waals surface area contributed by atoms with Crippen LogP contribution in [0.1, 0.15) is 75.5 Å². The van der Waals surface area contributed by atoms with E-state index in [0.29, 0.717) is 12.0 Å². The highest BCUT2D eigenvalue weighted by molar-refractivity contribution is 6.32. The molecule has 0 heterocycles. The third kappa shape index (κ3) is 9.79. The molecule has 182 valence electrons. The summed E-state index contributed by atoms with van der Waals surface area (Å²) in [5, 5.41) is 0. The second-order valence-electron chi connectivity index (χ2n) is 8.31. The van der Waals surface area contributed by atoms with Gasteiger partial charge < -0.3 is 9.64 Å². The molecule has 0 aliphatic carbocycles. The van der Waals surface area contributed by atoms with Crippen molar-refractivity contribution in [3.63, 3.8) is 0 Å². The van der Waals surface area contributed by atoms with Crippen molar-refractivity contribution in [2.45, 2.75) is 71.8 Å². The number of hydrogen-bond donors (Lipinski definition) is 0. The highest BCUT2D eigenvalue weighted by Gasteiger charge is 2.23. The lowest BCUT2D eigenvalue weighted by Crippen LogP contribution is -2.38. The van der Waals surface area contributed by atoms with Crippen LogP contribution < -0.4 is 0 Å². The van der Waals surface area contributed by atoms with Crippen molar-refractivity contribution in [3.05, 3.63) is 71.0 Å². The van der Waals surface area contributed by atoms with Crippen molar-refractivity contribution in [1.29, 1.82) is 0 Å². The molecule has 0 radical (unpaired) electrons. The summed E-state index contributed by atoms with van der Waals surface area (Å²) in [7, 11) is 0. The molecule has 0 N–H and O–H groups in total. The second-order valence-corrected chi connectivity index (χ2v) is 8.31. The average Bonchev–Trinajstić information content (AvgIpc) is 2.85. The lowest BCUT2D eigenvalue weighted by molar-refractivity contribution is -0.160. The highest BCUT2D eigenvalue weighted by Crippen LogP contribution is 2.12. The van der Waals surface area contributed by atoms with Crippen LogP contribution in [0.2, 0.25) is 0 Å². The molecule has 5 heteroatoms. The SMILES string of the molecule is CCCCCCCCC#Cc1ccc(CN(CCc2ccccc2F)C(=O)C(=O)OCC)cc1. The van der Waals surface area contributed by atoms with Gasteiger partial charge in [-0.1, -0.05) is 81.2 Å². The van der Waals surface area contributed by atoms with E-state index in [4.69, 9.17) is 4.74 Å². The number of unbranched alkanes of at least 4 members (excludes halogenated alkanes) is 6. The molecule has 0 aliphatic heterocycles. The van der Waals surface area contributed by atoms with E-state index in [2.05, 4.69) is 18.8 Å². The molecule has 0 spiro atoms. The van der Waals surface area contributed by atoms with Crippen LogP contribution in [-0.2, 0) is 27.3 Å². The first-order valence-electron chi connectivity index (χ1n) is 12.3. The Bertz CT molecular complexity index is 959. The quantitative estimate of drug-likeness (QED) is 0.166. The molecule has 4 nitrogen and oxygen atoms in total. The van der Waals surface area contributed by atoms with Gasteiger partial charge in [0.25, 0.3) is 0 Å². The minimum atomic E-state index is -0.895. The van der Waals surface area contributed by atoms with Gasteiger partial charge in [-0.2, -0.15) is 0 Å². The molecule has 0 aromatic heterocycles. The number of esters is 1.